The van der Waals surface area contributed by atoms with Gasteiger partial charge in [0, 0.05) is 19.5 Å². The highest BCUT2D eigenvalue weighted by atomic mass is 32.2. The number of nitrogens with zero attached hydrogens (tertiary/aromatic N) is 2. The highest BCUT2D eigenvalue weighted by Crippen LogP contribution is 2.27. The Kier molecular flexibility index (Phi) is 6.28. The molecule has 8 heteroatoms. The van der Waals surface area contributed by atoms with Gasteiger partial charge >= 0.3 is 6.03 Å². The zero-order valence-corrected chi connectivity index (χ0v) is 15.8. The normalized spacial score (nSPS) is 18.3. The molecule has 27 heavy (non-hydrogen) atoms. The second-order valence-electron chi connectivity index (χ2n) is 6.15. The van der Waals surface area contributed by atoms with Gasteiger partial charge in [-0.2, -0.15) is 4.99 Å². The zero-order chi connectivity index (χ0) is 19.2. The second kappa shape index (κ2) is 8.85. The molecule has 1 N–H and O–H groups in total. The topological polar surface area (TPSA) is 88.1 Å². The third-order valence-electron chi connectivity index (χ3n) is 4.12. The Morgan fingerprint density at radius 3 is 2.81 bits per heavy atom. The molecule has 3 rings (SSSR count). The molecule has 142 valence electrons. The molecular formula is C19H21N3O4S. The first-order valence-corrected chi connectivity index (χ1v) is 9.77. The zero-order valence-electron chi connectivity index (χ0n) is 15.0. The predicted octanol–water partition coefficient (Wildman–Crippen LogP) is 2.51. The Hall–Kier alpha value is -2.61. The van der Waals surface area contributed by atoms with E-state index in [1.807, 2.05) is 31.2 Å². The first kappa shape index (κ1) is 19.2. The molecule has 0 radical (unpaired) electrons. The van der Waals surface area contributed by atoms with Crippen LogP contribution < -0.4 is 10.1 Å². The van der Waals surface area contributed by atoms with Crippen LogP contribution >= 0.6 is 11.8 Å². The van der Waals surface area contributed by atoms with Crippen LogP contribution in [0, 0.1) is 0 Å². The van der Waals surface area contributed by atoms with Gasteiger partial charge in [0.1, 0.15) is 11.0 Å². The van der Waals surface area contributed by atoms with E-state index in [0.29, 0.717) is 18.9 Å². The molecule has 1 atom stereocenters. The number of aliphatic imine (C=N–C) groups is 1. The molecule has 0 saturated heterocycles. The first-order chi connectivity index (χ1) is 13.1. The summed E-state index contributed by atoms with van der Waals surface area (Å²) in [4.78, 5) is 41.3. The van der Waals surface area contributed by atoms with E-state index in [0.717, 1.165) is 22.6 Å². The van der Waals surface area contributed by atoms with Crippen molar-refractivity contribution in [1.29, 1.82) is 0 Å². The van der Waals surface area contributed by atoms with Crippen molar-refractivity contribution >= 4 is 35.3 Å². The van der Waals surface area contributed by atoms with E-state index in [-0.39, 0.29) is 24.8 Å². The quantitative estimate of drug-likeness (QED) is 0.740. The summed E-state index contributed by atoms with van der Waals surface area (Å²) in [6, 6.07) is 6.91. The first-order valence-electron chi connectivity index (χ1n) is 8.83. The van der Waals surface area contributed by atoms with E-state index >= 15 is 0 Å². The molecule has 0 spiro atoms. The lowest BCUT2D eigenvalue weighted by Gasteiger charge is -2.25. The summed E-state index contributed by atoms with van der Waals surface area (Å²) in [7, 11) is 0. The maximum atomic E-state index is 12.3. The fourth-order valence-electron chi connectivity index (χ4n) is 2.66. The van der Waals surface area contributed by atoms with Gasteiger partial charge < -0.3 is 10.1 Å². The molecule has 2 aliphatic rings. The summed E-state index contributed by atoms with van der Waals surface area (Å²) >= 11 is 1.32. The van der Waals surface area contributed by atoms with Crippen molar-refractivity contribution in [3.63, 3.8) is 0 Å². The number of imide groups is 1. The molecular weight excluding hydrogens is 366 g/mol. The molecule has 4 amide bonds. The Balaban J connectivity index is 1.45. The summed E-state index contributed by atoms with van der Waals surface area (Å²) in [6.07, 6.45) is 2.67. The van der Waals surface area contributed by atoms with Crippen LogP contribution in [-0.4, -0.2) is 46.9 Å². The minimum atomic E-state index is -0.603. The third kappa shape index (κ3) is 4.77. The largest absolute Gasteiger partial charge is 0.494 e. The molecule has 0 aliphatic carbocycles. The Morgan fingerprint density at radius 2 is 2.07 bits per heavy atom. The van der Waals surface area contributed by atoms with Gasteiger partial charge in [0.2, 0.25) is 11.8 Å². The number of benzene rings is 1. The summed E-state index contributed by atoms with van der Waals surface area (Å²) in [6.45, 7) is 3.12. The minimum Gasteiger partial charge on any atom is -0.494 e. The van der Waals surface area contributed by atoms with Crippen LogP contribution in [0.2, 0.25) is 0 Å². The third-order valence-corrected chi connectivity index (χ3v) is 5.12. The summed E-state index contributed by atoms with van der Waals surface area (Å²) in [5.41, 5.74) is 1.43. The smallest absolute Gasteiger partial charge is 0.350 e. The number of carbonyl (C=O) groups is 3. The lowest BCUT2D eigenvalue weighted by Crippen LogP contribution is -2.48. The van der Waals surface area contributed by atoms with Crippen molar-refractivity contribution < 1.29 is 19.1 Å². The van der Waals surface area contributed by atoms with Crippen LogP contribution in [-0.2, 0) is 16.1 Å². The number of hydrogen-bond acceptors (Lipinski definition) is 5. The van der Waals surface area contributed by atoms with Gasteiger partial charge in [-0.15, -0.1) is 11.8 Å². The number of urea groups is 1. The van der Waals surface area contributed by atoms with Gasteiger partial charge in [-0.25, -0.2) is 4.79 Å². The number of hydrogen-bond donors (Lipinski definition) is 1. The average molecular weight is 387 g/mol. The number of nitrogens with one attached hydrogen (secondary N) is 1. The fraction of sp³-hybridized carbons (Fsp3) is 0.368. The fourth-order valence-corrected chi connectivity index (χ4v) is 3.55. The van der Waals surface area contributed by atoms with E-state index in [1.165, 1.54) is 11.8 Å². The van der Waals surface area contributed by atoms with E-state index in [2.05, 4.69) is 10.3 Å². The molecule has 2 heterocycles. The molecule has 0 fully saturated rings. The number of fused-ring (bicyclic) bond motifs is 1. The maximum absolute atomic E-state index is 12.3. The van der Waals surface area contributed by atoms with E-state index in [1.54, 1.807) is 11.5 Å². The molecule has 2 aliphatic heterocycles. The van der Waals surface area contributed by atoms with Crippen molar-refractivity contribution in [3.8, 4) is 5.75 Å². The van der Waals surface area contributed by atoms with Crippen molar-refractivity contribution in [2.45, 2.75) is 31.6 Å². The molecule has 7 nitrogen and oxygen atoms in total. The molecule has 1 unspecified atom stereocenters. The summed E-state index contributed by atoms with van der Waals surface area (Å²) in [5.74, 6) is 0.262. The summed E-state index contributed by atoms with van der Waals surface area (Å²) in [5, 5.41) is 4.09. The van der Waals surface area contributed by atoms with Gasteiger partial charge in [0.25, 0.3) is 0 Å². The van der Waals surface area contributed by atoms with Crippen molar-refractivity contribution in [1.82, 2.24) is 10.2 Å². The van der Waals surface area contributed by atoms with Gasteiger partial charge in [-0.05, 0) is 35.6 Å². The van der Waals surface area contributed by atoms with Crippen LogP contribution in [0.1, 0.15) is 25.3 Å². The molecule has 0 saturated carbocycles. The Morgan fingerprint density at radius 1 is 1.30 bits per heavy atom. The Bertz CT molecular complexity index is 789. The van der Waals surface area contributed by atoms with Crippen LogP contribution in [0.25, 0.3) is 0 Å². The van der Waals surface area contributed by atoms with Gasteiger partial charge in [0.05, 0.1) is 12.3 Å². The number of amides is 4. The van der Waals surface area contributed by atoms with Gasteiger partial charge in [-0.1, -0.05) is 19.1 Å². The number of ether oxygens (including phenoxy) is 1. The van der Waals surface area contributed by atoms with E-state index in [9.17, 15) is 14.4 Å². The Labute approximate surface area is 161 Å². The minimum absolute atomic E-state index is 0.0289. The molecule has 0 aromatic heterocycles. The second-order valence-corrected chi connectivity index (χ2v) is 7.16. The summed E-state index contributed by atoms with van der Waals surface area (Å²) < 4.78 is 5.52. The molecule has 1 aromatic carbocycles. The average Bonchev–Trinajstić information content (AvgIpc) is 3.14. The standard InChI is InChI=1S/C19H21N3O4S/c1-2-10-26-14-5-3-13(4-6-14)12-20-16(23)7-9-22-18(24)17-15(8-11-27-17)21-19(22)25/h3-6,8,11,17H,2,7,9-10,12H2,1H3,(H,20,23). The number of carbonyl (C=O) groups excluding carboxylic acids is 3. The lowest BCUT2D eigenvalue weighted by molar-refractivity contribution is -0.127. The maximum Gasteiger partial charge on any atom is 0.350 e. The number of rotatable bonds is 8. The van der Waals surface area contributed by atoms with Crippen LogP contribution in [0.5, 0.6) is 5.75 Å². The number of allylic oxidation sites excluding steroid dienone is 1. The van der Waals surface area contributed by atoms with Crippen molar-refractivity contribution in [3.05, 3.63) is 41.3 Å². The molecule has 1 aromatic rings. The van der Waals surface area contributed by atoms with E-state index < -0.39 is 11.3 Å². The van der Waals surface area contributed by atoms with Crippen LogP contribution in [0.3, 0.4) is 0 Å². The van der Waals surface area contributed by atoms with Crippen LogP contribution in [0.15, 0.2) is 40.7 Å². The molecule has 0 bridgehead atoms. The highest BCUT2D eigenvalue weighted by molar-refractivity contribution is 8.04. The van der Waals surface area contributed by atoms with Crippen molar-refractivity contribution in [2.24, 2.45) is 4.99 Å². The number of thioether (sulfide) groups is 1. The monoisotopic (exact) mass is 387 g/mol. The lowest BCUT2D eigenvalue weighted by atomic mass is 10.2. The van der Waals surface area contributed by atoms with Crippen LogP contribution in [0.4, 0.5) is 4.79 Å². The van der Waals surface area contributed by atoms with Gasteiger partial charge in [0.15, 0.2) is 0 Å². The van der Waals surface area contributed by atoms with Crippen molar-refractivity contribution in [2.75, 3.05) is 13.2 Å². The van der Waals surface area contributed by atoms with E-state index in [4.69, 9.17) is 4.74 Å². The van der Waals surface area contributed by atoms with Gasteiger partial charge in [-0.3, -0.25) is 14.5 Å². The highest BCUT2D eigenvalue weighted by Gasteiger charge is 2.38. The SMILES string of the molecule is CCCOc1ccc(CNC(=O)CCN2C(=O)N=C3C=CSC3C2=O)cc1. The predicted molar refractivity (Wildman–Crippen MR) is 104 cm³/mol.